The number of benzene rings is 1. The van der Waals surface area contributed by atoms with Gasteiger partial charge in [-0.1, -0.05) is 6.07 Å². The molecule has 0 bridgehead atoms. The Morgan fingerprint density at radius 2 is 2.15 bits per heavy atom. The summed E-state index contributed by atoms with van der Waals surface area (Å²) in [6, 6.07) is 11.5. The van der Waals surface area contributed by atoms with Gasteiger partial charge in [-0.25, -0.2) is 0 Å². The number of nitriles is 1. The van der Waals surface area contributed by atoms with Crippen molar-refractivity contribution in [3.63, 3.8) is 0 Å². The second-order valence-corrected chi connectivity index (χ2v) is 6.26. The quantitative estimate of drug-likeness (QED) is 0.735. The number of nitrogens with two attached hydrogens (primary N) is 1. The van der Waals surface area contributed by atoms with Crippen LogP contribution in [0.3, 0.4) is 0 Å². The van der Waals surface area contributed by atoms with Gasteiger partial charge < -0.3 is 10.6 Å². The number of fused-ring (bicyclic) bond motifs is 1. The zero-order valence-corrected chi connectivity index (χ0v) is 14.8. The second kappa shape index (κ2) is 7.23. The standard InChI is InChI=1S/C19H20N6O/c1-12-5-6-13-10-14(7-8-16(13)22-12)19(26)25(2)9-3-4-17-15(11-20)18(21)24-23-17/h5-8,10H,3-4,9H2,1-2H3,(H3,21,23,24). The van der Waals surface area contributed by atoms with Crippen LogP contribution in [0.4, 0.5) is 5.82 Å². The summed E-state index contributed by atoms with van der Waals surface area (Å²) in [6.07, 6.45) is 1.30. The molecule has 1 amide bonds. The molecule has 0 fully saturated rings. The van der Waals surface area contributed by atoms with E-state index in [1.165, 1.54) is 0 Å². The number of H-pyrrole nitrogens is 1. The summed E-state index contributed by atoms with van der Waals surface area (Å²) in [5, 5.41) is 16.6. The zero-order valence-electron chi connectivity index (χ0n) is 14.8. The van der Waals surface area contributed by atoms with E-state index in [2.05, 4.69) is 15.2 Å². The Hall–Kier alpha value is -3.40. The molecule has 0 saturated heterocycles. The van der Waals surface area contributed by atoms with E-state index in [1.807, 2.05) is 37.3 Å². The first kappa shape index (κ1) is 17.4. The van der Waals surface area contributed by atoms with Gasteiger partial charge in [0, 0.05) is 30.2 Å². The Labute approximate surface area is 151 Å². The molecule has 0 unspecified atom stereocenters. The maximum atomic E-state index is 12.6. The van der Waals surface area contributed by atoms with Gasteiger partial charge >= 0.3 is 0 Å². The summed E-state index contributed by atoms with van der Waals surface area (Å²) in [7, 11) is 1.77. The maximum Gasteiger partial charge on any atom is 0.253 e. The Bertz CT molecular complexity index is 1000. The number of hydrogen-bond donors (Lipinski definition) is 2. The largest absolute Gasteiger partial charge is 0.381 e. The van der Waals surface area contributed by atoms with Gasteiger partial charge in [-0.2, -0.15) is 10.4 Å². The highest BCUT2D eigenvalue weighted by atomic mass is 16.2. The Kier molecular flexibility index (Phi) is 4.85. The smallest absolute Gasteiger partial charge is 0.253 e. The maximum absolute atomic E-state index is 12.6. The van der Waals surface area contributed by atoms with Crippen molar-refractivity contribution in [2.75, 3.05) is 19.3 Å². The number of nitrogen functional groups attached to an aromatic ring is 1. The van der Waals surface area contributed by atoms with Gasteiger partial charge in [0.2, 0.25) is 0 Å². The van der Waals surface area contributed by atoms with Crippen molar-refractivity contribution in [3.8, 4) is 6.07 Å². The van der Waals surface area contributed by atoms with Crippen molar-refractivity contribution in [2.24, 2.45) is 0 Å². The van der Waals surface area contributed by atoms with Crippen LogP contribution < -0.4 is 5.73 Å². The minimum absolute atomic E-state index is 0.0443. The number of carbonyl (C=O) groups excluding carboxylic acids is 1. The molecule has 0 aliphatic heterocycles. The van der Waals surface area contributed by atoms with Crippen LogP contribution in [0.1, 0.15) is 33.7 Å². The third kappa shape index (κ3) is 3.49. The number of nitrogens with one attached hydrogen (secondary N) is 1. The van der Waals surface area contributed by atoms with Gasteiger partial charge in [-0.15, -0.1) is 0 Å². The summed E-state index contributed by atoms with van der Waals surface area (Å²) in [4.78, 5) is 18.8. The summed E-state index contributed by atoms with van der Waals surface area (Å²) in [6.45, 7) is 2.50. The topological polar surface area (TPSA) is 112 Å². The number of aromatic nitrogens is 3. The van der Waals surface area contributed by atoms with Crippen molar-refractivity contribution >= 4 is 22.6 Å². The fraction of sp³-hybridized carbons (Fsp3) is 0.263. The van der Waals surface area contributed by atoms with Crippen LogP contribution in [0.2, 0.25) is 0 Å². The molecule has 0 aliphatic rings. The van der Waals surface area contributed by atoms with Crippen LogP contribution in [0, 0.1) is 18.3 Å². The minimum atomic E-state index is -0.0443. The molecule has 3 rings (SSSR count). The molecular formula is C19H20N6O. The first-order chi connectivity index (χ1) is 12.5. The number of aromatic amines is 1. The van der Waals surface area contributed by atoms with E-state index in [4.69, 9.17) is 11.0 Å². The molecule has 1 aromatic carbocycles. The highest BCUT2D eigenvalue weighted by Crippen LogP contribution is 2.17. The minimum Gasteiger partial charge on any atom is -0.381 e. The fourth-order valence-corrected chi connectivity index (χ4v) is 2.88. The van der Waals surface area contributed by atoms with E-state index in [0.29, 0.717) is 36.2 Å². The van der Waals surface area contributed by atoms with E-state index in [-0.39, 0.29) is 11.7 Å². The summed E-state index contributed by atoms with van der Waals surface area (Å²) in [5.74, 6) is 0.170. The number of amides is 1. The zero-order chi connectivity index (χ0) is 18.7. The van der Waals surface area contributed by atoms with Crippen molar-refractivity contribution in [1.29, 1.82) is 5.26 Å². The summed E-state index contributed by atoms with van der Waals surface area (Å²) < 4.78 is 0. The van der Waals surface area contributed by atoms with Gasteiger partial charge in [0.25, 0.3) is 5.91 Å². The molecule has 132 valence electrons. The highest BCUT2D eigenvalue weighted by Gasteiger charge is 2.14. The van der Waals surface area contributed by atoms with Crippen molar-refractivity contribution < 1.29 is 4.79 Å². The highest BCUT2D eigenvalue weighted by molar-refractivity contribution is 5.97. The number of hydrogen-bond acceptors (Lipinski definition) is 5. The molecule has 0 spiro atoms. The number of anilines is 1. The van der Waals surface area contributed by atoms with Gasteiger partial charge in [-0.05, 0) is 44.0 Å². The number of carbonyl (C=O) groups is 1. The van der Waals surface area contributed by atoms with Gasteiger partial charge in [-0.3, -0.25) is 14.9 Å². The number of rotatable bonds is 5. The van der Waals surface area contributed by atoms with Gasteiger partial charge in [0.05, 0.1) is 11.2 Å². The van der Waals surface area contributed by atoms with E-state index < -0.39 is 0 Å². The molecule has 0 aliphatic carbocycles. The fourth-order valence-electron chi connectivity index (χ4n) is 2.88. The average molecular weight is 348 g/mol. The van der Waals surface area contributed by atoms with Gasteiger partial charge in [0.15, 0.2) is 5.82 Å². The molecule has 3 aromatic rings. The van der Waals surface area contributed by atoms with Crippen LogP contribution in [0.25, 0.3) is 10.9 Å². The van der Waals surface area contributed by atoms with Crippen molar-refractivity contribution in [3.05, 3.63) is 52.8 Å². The second-order valence-electron chi connectivity index (χ2n) is 6.26. The Balaban J connectivity index is 1.64. The van der Waals surface area contributed by atoms with Crippen molar-refractivity contribution in [1.82, 2.24) is 20.1 Å². The molecule has 0 atom stereocenters. The number of nitrogens with zero attached hydrogens (tertiary/aromatic N) is 4. The molecule has 26 heavy (non-hydrogen) atoms. The van der Waals surface area contributed by atoms with E-state index in [1.54, 1.807) is 18.0 Å². The molecule has 2 heterocycles. The molecule has 2 aromatic heterocycles. The molecule has 7 nitrogen and oxygen atoms in total. The third-order valence-electron chi connectivity index (χ3n) is 4.32. The molecule has 0 saturated carbocycles. The lowest BCUT2D eigenvalue weighted by atomic mass is 10.1. The van der Waals surface area contributed by atoms with Crippen LogP contribution in [-0.4, -0.2) is 39.6 Å². The first-order valence-corrected chi connectivity index (χ1v) is 8.35. The SMILES string of the molecule is Cc1ccc2cc(C(=O)N(C)CCCc3[nH]nc(N)c3C#N)ccc2n1. The van der Waals surface area contributed by atoms with E-state index in [0.717, 1.165) is 16.6 Å². The monoisotopic (exact) mass is 348 g/mol. The number of pyridine rings is 1. The summed E-state index contributed by atoms with van der Waals surface area (Å²) in [5.41, 5.74) is 9.18. The first-order valence-electron chi connectivity index (χ1n) is 8.35. The average Bonchev–Trinajstić information content (AvgIpc) is 3.00. The van der Waals surface area contributed by atoms with Gasteiger partial charge in [0.1, 0.15) is 11.6 Å². The van der Waals surface area contributed by atoms with Crippen LogP contribution in [0.5, 0.6) is 0 Å². The third-order valence-corrected chi connectivity index (χ3v) is 4.32. The molecular weight excluding hydrogens is 328 g/mol. The predicted molar refractivity (Wildman–Crippen MR) is 99.5 cm³/mol. The Morgan fingerprint density at radius 1 is 1.35 bits per heavy atom. The normalized spacial score (nSPS) is 10.7. The van der Waals surface area contributed by atoms with Crippen molar-refractivity contribution in [2.45, 2.75) is 19.8 Å². The van der Waals surface area contributed by atoms with Crippen LogP contribution in [0.15, 0.2) is 30.3 Å². The van der Waals surface area contributed by atoms with E-state index >= 15 is 0 Å². The lowest BCUT2D eigenvalue weighted by molar-refractivity contribution is 0.0793. The lowest BCUT2D eigenvalue weighted by Crippen LogP contribution is -2.28. The van der Waals surface area contributed by atoms with Crippen LogP contribution >= 0.6 is 0 Å². The van der Waals surface area contributed by atoms with Crippen LogP contribution in [-0.2, 0) is 6.42 Å². The number of aryl methyl sites for hydroxylation is 2. The summed E-state index contributed by atoms with van der Waals surface area (Å²) >= 11 is 0. The Morgan fingerprint density at radius 3 is 2.92 bits per heavy atom. The van der Waals surface area contributed by atoms with E-state index in [9.17, 15) is 4.79 Å². The lowest BCUT2D eigenvalue weighted by Gasteiger charge is -2.17. The molecule has 0 radical (unpaired) electrons. The molecule has 7 heteroatoms. The molecule has 3 N–H and O–H groups in total. The predicted octanol–water partition coefficient (Wildman–Crippen LogP) is 2.42.